The maximum absolute atomic E-state index is 5.92. The number of anilines is 1. The molecular weight excluding hydrogens is 284 g/mol. The maximum atomic E-state index is 5.92. The summed E-state index contributed by atoms with van der Waals surface area (Å²) in [6.45, 7) is 2.79. The Hall–Kier alpha value is -0.320. The molecule has 2 nitrogen and oxygen atoms in total. The van der Waals surface area contributed by atoms with Crippen molar-refractivity contribution < 1.29 is 0 Å². The van der Waals surface area contributed by atoms with Crippen LogP contribution in [-0.2, 0) is 0 Å². The average molecular weight is 294 g/mol. The molecule has 5 heteroatoms. The zero-order valence-corrected chi connectivity index (χ0v) is 10.8. The maximum Gasteiger partial charge on any atom is 0.170 e. The summed E-state index contributed by atoms with van der Waals surface area (Å²) in [6, 6.07) is 5.59. The number of benzene rings is 1. The van der Waals surface area contributed by atoms with Gasteiger partial charge in [-0.2, -0.15) is 0 Å². The quantitative estimate of drug-likeness (QED) is 0.817. The van der Waals surface area contributed by atoms with E-state index in [-0.39, 0.29) is 0 Å². The third-order valence-electron chi connectivity index (χ3n) is 1.51. The van der Waals surface area contributed by atoms with Gasteiger partial charge in [0.1, 0.15) is 0 Å². The van der Waals surface area contributed by atoms with Gasteiger partial charge in [-0.1, -0.05) is 11.6 Å². The van der Waals surface area contributed by atoms with Crippen LogP contribution in [0.2, 0.25) is 5.02 Å². The van der Waals surface area contributed by atoms with Gasteiger partial charge in [-0.15, -0.1) is 0 Å². The van der Waals surface area contributed by atoms with Gasteiger partial charge in [0.05, 0.1) is 5.02 Å². The van der Waals surface area contributed by atoms with Crippen LogP contribution in [0.4, 0.5) is 5.69 Å². The standard InChI is InChI=1S/C9H10BrClN2S/c1-2-12-9(14)13-6-3-4-7(10)8(11)5-6/h3-5H,2H2,1H3,(H2,12,13,14). The fourth-order valence-electron chi connectivity index (χ4n) is 0.910. The Kier molecular flexibility index (Phi) is 4.65. The van der Waals surface area contributed by atoms with Gasteiger partial charge in [0.2, 0.25) is 0 Å². The highest BCUT2D eigenvalue weighted by Gasteiger charge is 2.00. The Bertz CT molecular complexity index is 344. The summed E-state index contributed by atoms with van der Waals surface area (Å²) in [4.78, 5) is 0. The van der Waals surface area contributed by atoms with Gasteiger partial charge in [-0.05, 0) is 53.3 Å². The van der Waals surface area contributed by atoms with Crippen molar-refractivity contribution in [3.8, 4) is 0 Å². The lowest BCUT2D eigenvalue weighted by Gasteiger charge is -2.09. The van der Waals surface area contributed by atoms with Gasteiger partial charge in [-0.3, -0.25) is 0 Å². The second kappa shape index (κ2) is 5.53. The predicted molar refractivity (Wildman–Crippen MR) is 69.0 cm³/mol. The van der Waals surface area contributed by atoms with E-state index in [0.717, 1.165) is 16.7 Å². The van der Waals surface area contributed by atoms with E-state index in [0.29, 0.717) is 10.1 Å². The molecule has 0 aliphatic heterocycles. The number of nitrogens with one attached hydrogen (secondary N) is 2. The van der Waals surface area contributed by atoms with E-state index in [9.17, 15) is 0 Å². The Balaban J connectivity index is 2.68. The highest BCUT2D eigenvalue weighted by molar-refractivity contribution is 9.10. The SMILES string of the molecule is CCNC(=S)Nc1ccc(Br)c(Cl)c1. The molecule has 0 bridgehead atoms. The van der Waals surface area contributed by atoms with Crippen LogP contribution in [0, 0.1) is 0 Å². The molecule has 0 aliphatic rings. The molecule has 76 valence electrons. The summed E-state index contributed by atoms with van der Waals surface area (Å²) in [7, 11) is 0. The van der Waals surface area contributed by atoms with Gasteiger partial charge in [-0.25, -0.2) is 0 Å². The van der Waals surface area contributed by atoms with Crippen LogP contribution in [-0.4, -0.2) is 11.7 Å². The Morgan fingerprint density at radius 1 is 1.57 bits per heavy atom. The van der Waals surface area contributed by atoms with Crippen molar-refractivity contribution in [2.75, 3.05) is 11.9 Å². The first-order valence-electron chi connectivity index (χ1n) is 4.13. The monoisotopic (exact) mass is 292 g/mol. The Morgan fingerprint density at radius 2 is 2.29 bits per heavy atom. The van der Waals surface area contributed by atoms with Gasteiger partial charge in [0.25, 0.3) is 0 Å². The van der Waals surface area contributed by atoms with Crippen molar-refractivity contribution in [3.63, 3.8) is 0 Å². The van der Waals surface area contributed by atoms with Crippen molar-refractivity contribution in [1.29, 1.82) is 0 Å². The molecule has 1 aromatic carbocycles. The van der Waals surface area contributed by atoms with Crippen molar-refractivity contribution in [3.05, 3.63) is 27.7 Å². The molecule has 0 radical (unpaired) electrons. The van der Waals surface area contributed by atoms with Crippen molar-refractivity contribution in [2.45, 2.75) is 6.92 Å². The number of hydrogen-bond acceptors (Lipinski definition) is 1. The molecule has 0 saturated carbocycles. The lowest BCUT2D eigenvalue weighted by Crippen LogP contribution is -2.27. The Morgan fingerprint density at radius 3 is 2.86 bits per heavy atom. The van der Waals surface area contributed by atoms with Crippen LogP contribution in [0.15, 0.2) is 22.7 Å². The van der Waals surface area contributed by atoms with Crippen molar-refractivity contribution >= 4 is 50.5 Å². The minimum atomic E-state index is 0.603. The molecule has 2 N–H and O–H groups in total. The van der Waals surface area contributed by atoms with Crippen LogP contribution < -0.4 is 10.6 Å². The molecule has 0 aliphatic carbocycles. The molecule has 0 saturated heterocycles. The molecule has 0 heterocycles. The molecule has 1 aromatic rings. The zero-order chi connectivity index (χ0) is 10.6. The third-order valence-corrected chi connectivity index (χ3v) is 2.99. The smallest absolute Gasteiger partial charge is 0.170 e. The van der Waals surface area contributed by atoms with E-state index in [2.05, 4.69) is 26.6 Å². The van der Waals surface area contributed by atoms with Crippen LogP contribution in [0.25, 0.3) is 0 Å². The summed E-state index contributed by atoms with van der Waals surface area (Å²) in [5, 5.41) is 7.28. The van der Waals surface area contributed by atoms with E-state index < -0.39 is 0 Å². The molecule has 0 unspecified atom stereocenters. The van der Waals surface area contributed by atoms with Crippen LogP contribution in [0.1, 0.15) is 6.92 Å². The van der Waals surface area contributed by atoms with Gasteiger partial charge < -0.3 is 10.6 Å². The molecule has 14 heavy (non-hydrogen) atoms. The lowest BCUT2D eigenvalue weighted by atomic mass is 10.3. The normalized spacial score (nSPS) is 9.64. The summed E-state index contributed by atoms with van der Waals surface area (Å²) < 4.78 is 0.874. The highest BCUT2D eigenvalue weighted by Crippen LogP contribution is 2.25. The molecule has 0 amide bonds. The molecule has 1 rings (SSSR count). The van der Waals surface area contributed by atoms with Crippen molar-refractivity contribution in [2.24, 2.45) is 0 Å². The Labute approximate surface area is 102 Å². The van der Waals surface area contributed by atoms with Gasteiger partial charge >= 0.3 is 0 Å². The first-order valence-corrected chi connectivity index (χ1v) is 5.71. The predicted octanol–water partition coefficient (Wildman–Crippen LogP) is 3.41. The van der Waals surface area contributed by atoms with Crippen LogP contribution in [0.3, 0.4) is 0 Å². The topological polar surface area (TPSA) is 24.1 Å². The highest BCUT2D eigenvalue weighted by atomic mass is 79.9. The van der Waals surface area contributed by atoms with E-state index >= 15 is 0 Å². The number of thiocarbonyl (C=S) groups is 1. The largest absolute Gasteiger partial charge is 0.363 e. The second-order valence-corrected chi connectivity index (χ2v) is 4.28. The van der Waals surface area contributed by atoms with Crippen molar-refractivity contribution in [1.82, 2.24) is 5.32 Å². The minimum Gasteiger partial charge on any atom is -0.363 e. The minimum absolute atomic E-state index is 0.603. The van der Waals surface area contributed by atoms with E-state index in [1.165, 1.54) is 0 Å². The van der Waals surface area contributed by atoms with Gasteiger partial charge in [0, 0.05) is 16.7 Å². The summed E-state index contributed by atoms with van der Waals surface area (Å²) in [5.41, 5.74) is 0.879. The molecule has 0 spiro atoms. The second-order valence-electron chi connectivity index (χ2n) is 2.61. The van der Waals surface area contributed by atoms with E-state index in [1.54, 1.807) is 0 Å². The first-order chi connectivity index (χ1) is 6.63. The summed E-state index contributed by atoms with van der Waals surface area (Å²) in [5.74, 6) is 0. The average Bonchev–Trinajstić information content (AvgIpc) is 2.12. The first kappa shape index (κ1) is 11.8. The van der Waals surface area contributed by atoms with Crippen LogP contribution in [0.5, 0.6) is 0 Å². The number of halogens is 2. The number of rotatable bonds is 2. The fourth-order valence-corrected chi connectivity index (χ4v) is 1.60. The summed E-state index contributed by atoms with van der Waals surface area (Å²) in [6.07, 6.45) is 0. The summed E-state index contributed by atoms with van der Waals surface area (Å²) >= 11 is 14.3. The van der Waals surface area contributed by atoms with Gasteiger partial charge in [0.15, 0.2) is 5.11 Å². The lowest BCUT2D eigenvalue weighted by molar-refractivity contribution is 0.979. The molecule has 0 atom stereocenters. The van der Waals surface area contributed by atoms with Crippen LogP contribution >= 0.6 is 39.7 Å². The molecular formula is C9H10BrClN2S. The van der Waals surface area contributed by atoms with E-state index in [1.807, 2.05) is 25.1 Å². The van der Waals surface area contributed by atoms with E-state index in [4.69, 9.17) is 23.8 Å². The molecule has 0 fully saturated rings. The number of hydrogen-bond donors (Lipinski definition) is 2. The molecule has 0 aromatic heterocycles. The fraction of sp³-hybridized carbons (Fsp3) is 0.222. The zero-order valence-electron chi connectivity index (χ0n) is 7.60. The third kappa shape index (κ3) is 3.44.